The van der Waals surface area contributed by atoms with Crippen LogP contribution in [0.2, 0.25) is 0 Å². The number of carbonyl (C=O) groups is 2. The molecule has 0 aliphatic heterocycles. The van der Waals surface area contributed by atoms with Crippen LogP contribution in [0.25, 0.3) is 0 Å². The smallest absolute Gasteiger partial charge is 0.251 e. The fourth-order valence-electron chi connectivity index (χ4n) is 3.04. The van der Waals surface area contributed by atoms with Gasteiger partial charge in [0.25, 0.3) is 5.91 Å². The Morgan fingerprint density at radius 2 is 1.68 bits per heavy atom. The van der Waals surface area contributed by atoms with Crippen LogP contribution in [-0.2, 0) is 11.3 Å². The molecule has 3 rings (SSSR count). The van der Waals surface area contributed by atoms with Crippen molar-refractivity contribution in [1.29, 1.82) is 0 Å². The molecule has 6 nitrogen and oxygen atoms in total. The predicted molar refractivity (Wildman–Crippen MR) is 108 cm³/mol. The number of benzene rings is 2. The third kappa shape index (κ3) is 5.54. The highest BCUT2D eigenvalue weighted by atomic mass is 16.2. The van der Waals surface area contributed by atoms with Crippen molar-refractivity contribution in [1.82, 2.24) is 20.2 Å². The predicted octanol–water partition coefficient (Wildman–Crippen LogP) is 2.95. The lowest BCUT2D eigenvalue weighted by Crippen LogP contribution is -2.38. The second-order valence-electron chi connectivity index (χ2n) is 6.73. The van der Waals surface area contributed by atoms with Gasteiger partial charge in [-0.25, -0.2) is 4.98 Å². The number of aromatic nitrogens is 2. The first kappa shape index (κ1) is 19.4. The summed E-state index contributed by atoms with van der Waals surface area (Å²) in [4.78, 5) is 29.2. The van der Waals surface area contributed by atoms with E-state index < -0.39 is 6.04 Å². The maximum atomic E-state index is 12.6. The number of carbonyl (C=O) groups excluding carboxylic acids is 2. The summed E-state index contributed by atoms with van der Waals surface area (Å²) in [7, 11) is 0. The zero-order chi connectivity index (χ0) is 19.8. The van der Waals surface area contributed by atoms with E-state index >= 15 is 0 Å². The number of hydrogen-bond donors (Lipinski definition) is 2. The van der Waals surface area contributed by atoms with Crippen molar-refractivity contribution in [2.75, 3.05) is 0 Å². The number of imidazole rings is 1. The fraction of sp³-hybridized carbons (Fsp3) is 0.227. The van der Waals surface area contributed by atoms with Gasteiger partial charge in [0.1, 0.15) is 0 Å². The molecular formula is C22H24N4O2. The number of nitrogens with one attached hydrogen (secondary N) is 2. The Morgan fingerprint density at radius 3 is 2.32 bits per heavy atom. The minimum atomic E-state index is -0.408. The van der Waals surface area contributed by atoms with Gasteiger partial charge in [0, 0.05) is 30.5 Å². The summed E-state index contributed by atoms with van der Waals surface area (Å²) in [6.45, 7) is 2.58. The zero-order valence-electron chi connectivity index (χ0n) is 15.8. The van der Waals surface area contributed by atoms with Crippen molar-refractivity contribution < 1.29 is 9.59 Å². The molecule has 0 saturated heterocycles. The summed E-state index contributed by atoms with van der Waals surface area (Å²) in [6.07, 6.45) is 5.45. The number of rotatable bonds is 8. The Labute approximate surface area is 164 Å². The minimum absolute atomic E-state index is 0.0528. The summed E-state index contributed by atoms with van der Waals surface area (Å²) < 4.78 is 1.91. The lowest BCUT2D eigenvalue weighted by atomic mass is 10.0. The van der Waals surface area contributed by atoms with Crippen LogP contribution in [0.4, 0.5) is 0 Å². The van der Waals surface area contributed by atoms with E-state index in [1.807, 2.05) is 66.2 Å². The molecule has 2 aromatic carbocycles. The van der Waals surface area contributed by atoms with Gasteiger partial charge >= 0.3 is 0 Å². The van der Waals surface area contributed by atoms with Gasteiger partial charge in [-0.15, -0.1) is 0 Å². The van der Waals surface area contributed by atoms with Gasteiger partial charge in [-0.1, -0.05) is 48.5 Å². The molecule has 144 valence electrons. The molecular weight excluding hydrogens is 352 g/mol. The molecule has 0 bridgehead atoms. The monoisotopic (exact) mass is 376 g/mol. The lowest BCUT2D eigenvalue weighted by Gasteiger charge is -2.21. The highest BCUT2D eigenvalue weighted by Crippen LogP contribution is 2.17. The van der Waals surface area contributed by atoms with Gasteiger partial charge in [0.15, 0.2) is 0 Å². The minimum Gasteiger partial charge on any atom is -0.352 e. The molecule has 0 aliphatic carbocycles. The van der Waals surface area contributed by atoms with Crippen LogP contribution < -0.4 is 10.6 Å². The molecule has 0 fully saturated rings. The van der Waals surface area contributed by atoms with E-state index in [4.69, 9.17) is 0 Å². The standard InChI is InChI=1S/C22H24N4O2/c1-17(15-26-13-12-23-16-26)24-21(27)14-20(18-8-4-2-5-9-18)25-22(28)19-10-6-3-7-11-19/h2-13,16-17,20H,14-15H2,1H3,(H,24,27)(H,25,28)/t17-,20+/m1/s1. The van der Waals surface area contributed by atoms with E-state index in [-0.39, 0.29) is 24.3 Å². The largest absolute Gasteiger partial charge is 0.352 e. The van der Waals surface area contributed by atoms with Crippen LogP contribution >= 0.6 is 0 Å². The Bertz CT molecular complexity index is 879. The van der Waals surface area contributed by atoms with Crippen LogP contribution in [0.15, 0.2) is 79.4 Å². The van der Waals surface area contributed by atoms with Crippen LogP contribution in [0.5, 0.6) is 0 Å². The topological polar surface area (TPSA) is 76.0 Å². The molecule has 2 amide bonds. The fourth-order valence-corrected chi connectivity index (χ4v) is 3.04. The normalized spacial score (nSPS) is 12.8. The van der Waals surface area contributed by atoms with Crippen molar-refractivity contribution in [3.8, 4) is 0 Å². The molecule has 6 heteroatoms. The molecule has 0 unspecified atom stereocenters. The van der Waals surface area contributed by atoms with Gasteiger partial charge in [-0.05, 0) is 24.6 Å². The average Bonchev–Trinajstić information content (AvgIpc) is 3.21. The van der Waals surface area contributed by atoms with E-state index in [0.717, 1.165) is 5.56 Å². The van der Waals surface area contributed by atoms with E-state index in [2.05, 4.69) is 15.6 Å². The summed E-state index contributed by atoms with van der Waals surface area (Å²) in [6, 6.07) is 18.1. The maximum absolute atomic E-state index is 12.6. The first-order valence-corrected chi connectivity index (χ1v) is 9.28. The Hall–Kier alpha value is -3.41. The van der Waals surface area contributed by atoms with Crippen LogP contribution in [0.1, 0.15) is 35.3 Å². The Balaban J connectivity index is 1.65. The highest BCUT2D eigenvalue weighted by molar-refractivity contribution is 5.94. The first-order valence-electron chi connectivity index (χ1n) is 9.28. The SMILES string of the molecule is C[C@H](Cn1ccnc1)NC(=O)C[C@H](NC(=O)c1ccccc1)c1ccccc1. The van der Waals surface area contributed by atoms with E-state index in [1.165, 1.54) is 0 Å². The average molecular weight is 376 g/mol. The van der Waals surface area contributed by atoms with Crippen molar-refractivity contribution in [3.63, 3.8) is 0 Å². The van der Waals surface area contributed by atoms with Gasteiger partial charge < -0.3 is 15.2 Å². The molecule has 0 radical (unpaired) electrons. The number of hydrogen-bond acceptors (Lipinski definition) is 3. The lowest BCUT2D eigenvalue weighted by molar-refractivity contribution is -0.122. The first-order chi connectivity index (χ1) is 13.6. The maximum Gasteiger partial charge on any atom is 0.251 e. The van der Waals surface area contributed by atoms with Crippen LogP contribution in [-0.4, -0.2) is 27.4 Å². The second kappa shape index (κ2) is 9.50. The second-order valence-corrected chi connectivity index (χ2v) is 6.73. The molecule has 1 heterocycles. The van der Waals surface area contributed by atoms with Gasteiger partial charge in [-0.2, -0.15) is 0 Å². The zero-order valence-corrected chi connectivity index (χ0v) is 15.8. The highest BCUT2D eigenvalue weighted by Gasteiger charge is 2.20. The number of nitrogens with zero attached hydrogens (tertiary/aromatic N) is 2. The van der Waals surface area contributed by atoms with Crippen molar-refractivity contribution in [3.05, 3.63) is 90.5 Å². The van der Waals surface area contributed by atoms with E-state index in [9.17, 15) is 9.59 Å². The molecule has 3 aromatic rings. The Morgan fingerprint density at radius 1 is 1.00 bits per heavy atom. The molecule has 1 aromatic heterocycles. The van der Waals surface area contributed by atoms with Crippen LogP contribution in [0.3, 0.4) is 0 Å². The third-order valence-corrected chi connectivity index (χ3v) is 4.38. The molecule has 0 spiro atoms. The quantitative estimate of drug-likeness (QED) is 0.635. The van der Waals surface area contributed by atoms with Gasteiger partial charge in [0.2, 0.25) is 5.91 Å². The van der Waals surface area contributed by atoms with E-state index in [0.29, 0.717) is 12.1 Å². The van der Waals surface area contributed by atoms with Crippen LogP contribution in [0, 0.1) is 0 Å². The molecule has 0 saturated carbocycles. The third-order valence-electron chi connectivity index (χ3n) is 4.38. The molecule has 28 heavy (non-hydrogen) atoms. The van der Waals surface area contributed by atoms with E-state index in [1.54, 1.807) is 24.7 Å². The van der Waals surface area contributed by atoms with Crippen molar-refractivity contribution in [2.24, 2.45) is 0 Å². The van der Waals surface area contributed by atoms with Crippen molar-refractivity contribution in [2.45, 2.75) is 32.0 Å². The molecule has 0 aliphatic rings. The number of amides is 2. The molecule has 2 N–H and O–H groups in total. The summed E-state index contributed by atoms with van der Waals surface area (Å²) in [5, 5.41) is 5.98. The Kier molecular flexibility index (Phi) is 6.57. The summed E-state index contributed by atoms with van der Waals surface area (Å²) in [5.74, 6) is -0.316. The van der Waals surface area contributed by atoms with Gasteiger partial charge in [0.05, 0.1) is 18.8 Å². The van der Waals surface area contributed by atoms with Crippen molar-refractivity contribution >= 4 is 11.8 Å². The van der Waals surface area contributed by atoms with Gasteiger partial charge in [-0.3, -0.25) is 9.59 Å². The molecule has 2 atom stereocenters. The summed E-state index contributed by atoms with van der Waals surface area (Å²) in [5.41, 5.74) is 1.46. The summed E-state index contributed by atoms with van der Waals surface area (Å²) >= 11 is 0.